The van der Waals surface area contributed by atoms with Crippen molar-refractivity contribution in [3.05, 3.63) is 0 Å². The van der Waals surface area contributed by atoms with Crippen LogP contribution in [0, 0.1) is 11.3 Å². The first-order valence-electron chi connectivity index (χ1n) is 1.56. The third-order valence-corrected chi connectivity index (χ3v) is 0.816. The lowest BCUT2D eigenvalue weighted by molar-refractivity contribution is 1.32. The Morgan fingerprint density at radius 1 is 1.67 bits per heavy atom. The molecule has 0 atom stereocenters. The zero-order valence-electron chi connectivity index (χ0n) is 3.17. The van der Waals surface area contributed by atoms with Crippen molar-refractivity contribution in [3.8, 4) is 11.3 Å². The lowest BCUT2D eigenvalue weighted by Gasteiger charge is -1.68. The Morgan fingerprint density at radius 3 is 2.50 bits per heavy atom. The Morgan fingerprint density at radius 2 is 2.33 bits per heavy atom. The van der Waals surface area contributed by atoms with Crippen molar-refractivity contribution < 1.29 is 0 Å². The van der Waals surface area contributed by atoms with E-state index in [-0.39, 0.29) is 0 Å². The first kappa shape index (κ1) is 6.33. The molecular weight excluding hydrogens is 163 g/mol. The number of halogens is 2. The number of alkyl halides is 1. The minimum absolute atomic E-state index is 0.837. The molecule has 0 nitrogen and oxygen atoms in total. The summed E-state index contributed by atoms with van der Waals surface area (Å²) < 4.78 is 0. The van der Waals surface area contributed by atoms with Gasteiger partial charge < -0.3 is 0 Å². The maximum Gasteiger partial charge on any atom is 0.0199 e. The summed E-state index contributed by atoms with van der Waals surface area (Å²) in [7, 11) is 0. The maximum atomic E-state index is 5.00. The van der Waals surface area contributed by atoms with Crippen molar-refractivity contribution in [3.63, 3.8) is 0 Å². The van der Waals surface area contributed by atoms with Gasteiger partial charge in [0.05, 0.1) is 0 Å². The highest BCUT2D eigenvalue weighted by atomic mass is 79.9. The summed E-state index contributed by atoms with van der Waals surface area (Å²) in [5.41, 5.74) is 0. The Hall–Kier alpha value is 0.330. The van der Waals surface area contributed by atoms with Gasteiger partial charge in [-0.05, 0) is 11.6 Å². The zero-order chi connectivity index (χ0) is 4.83. The monoisotopic (exact) mass is 166 g/mol. The highest BCUT2D eigenvalue weighted by Crippen LogP contribution is 1.83. The second kappa shape index (κ2) is 5.33. The molecule has 0 saturated carbocycles. The molecule has 2 heteroatoms. The van der Waals surface area contributed by atoms with Crippen LogP contribution in [0.15, 0.2) is 0 Å². The van der Waals surface area contributed by atoms with Crippen LogP contribution < -0.4 is 0 Å². The highest BCUT2D eigenvalue weighted by Gasteiger charge is 1.66. The standard InChI is InChI=1S/C4H4BrCl/c5-3-1-2-4-6/h1,3H2. The van der Waals surface area contributed by atoms with Gasteiger partial charge in [-0.1, -0.05) is 21.9 Å². The molecule has 0 saturated heterocycles. The molecule has 0 N–H and O–H groups in total. The molecule has 0 heterocycles. The summed E-state index contributed by atoms with van der Waals surface area (Å²) >= 11 is 8.19. The largest absolute Gasteiger partial charge is 0.0918 e. The van der Waals surface area contributed by atoms with Crippen molar-refractivity contribution in [2.45, 2.75) is 6.42 Å². The molecule has 0 radical (unpaired) electrons. The fraction of sp³-hybridized carbons (Fsp3) is 0.500. The number of rotatable bonds is 1. The molecule has 0 unspecified atom stereocenters. The average molecular weight is 167 g/mol. The van der Waals surface area contributed by atoms with Crippen LogP contribution in [0.5, 0.6) is 0 Å². The van der Waals surface area contributed by atoms with E-state index in [1.54, 1.807) is 0 Å². The van der Waals surface area contributed by atoms with Crippen LogP contribution >= 0.6 is 27.5 Å². The molecule has 0 spiro atoms. The highest BCUT2D eigenvalue weighted by molar-refractivity contribution is 9.09. The van der Waals surface area contributed by atoms with Crippen LogP contribution in [0.3, 0.4) is 0 Å². The third kappa shape index (κ3) is 4.33. The molecule has 0 aromatic heterocycles. The van der Waals surface area contributed by atoms with E-state index in [0.717, 1.165) is 11.8 Å². The predicted octanol–water partition coefficient (Wildman–Crippen LogP) is 1.97. The second-order valence-electron chi connectivity index (χ2n) is 0.710. The molecule has 0 fully saturated rings. The molecule has 0 rings (SSSR count). The zero-order valence-corrected chi connectivity index (χ0v) is 5.51. The molecule has 0 aliphatic rings. The summed E-state index contributed by atoms with van der Waals surface area (Å²) in [5, 5.41) is 3.17. The topological polar surface area (TPSA) is 0 Å². The summed E-state index contributed by atoms with van der Waals surface area (Å²) in [6.45, 7) is 0. The lowest BCUT2D eigenvalue weighted by Crippen LogP contribution is -1.61. The van der Waals surface area contributed by atoms with E-state index in [4.69, 9.17) is 11.6 Å². The van der Waals surface area contributed by atoms with Crippen molar-refractivity contribution >= 4 is 27.5 Å². The van der Waals surface area contributed by atoms with E-state index < -0.39 is 0 Å². The third-order valence-electron chi connectivity index (χ3n) is 0.286. The van der Waals surface area contributed by atoms with Gasteiger partial charge in [-0.25, -0.2) is 0 Å². The smallest absolute Gasteiger partial charge is 0.0199 e. The van der Waals surface area contributed by atoms with Gasteiger partial charge in [0.15, 0.2) is 0 Å². The molecule has 34 valence electrons. The fourth-order valence-electron chi connectivity index (χ4n) is 0.0945. The fourth-order valence-corrected chi connectivity index (χ4v) is 0.387. The lowest BCUT2D eigenvalue weighted by atomic mass is 10.5. The van der Waals surface area contributed by atoms with Crippen molar-refractivity contribution in [1.82, 2.24) is 0 Å². The van der Waals surface area contributed by atoms with Crippen molar-refractivity contribution in [2.75, 3.05) is 5.33 Å². The summed E-state index contributed by atoms with van der Waals surface area (Å²) in [4.78, 5) is 0. The van der Waals surface area contributed by atoms with E-state index in [0.29, 0.717) is 0 Å². The Bertz CT molecular complexity index is 69.4. The van der Waals surface area contributed by atoms with Gasteiger partial charge >= 0.3 is 0 Å². The molecule has 0 aromatic rings. The quantitative estimate of drug-likeness (QED) is 0.414. The summed E-state index contributed by atoms with van der Waals surface area (Å²) in [6.07, 6.45) is 0.837. The van der Waals surface area contributed by atoms with Crippen molar-refractivity contribution in [2.24, 2.45) is 0 Å². The maximum absolute atomic E-state index is 5.00. The Labute approximate surface area is 51.0 Å². The minimum atomic E-state index is 0.837. The average Bonchev–Trinajstić information content (AvgIpc) is 1.61. The molecule has 0 aromatic carbocycles. The van der Waals surface area contributed by atoms with Gasteiger partial charge in [0.25, 0.3) is 0 Å². The first-order valence-corrected chi connectivity index (χ1v) is 3.06. The second-order valence-corrected chi connectivity index (χ2v) is 1.69. The summed E-state index contributed by atoms with van der Waals surface area (Å²) in [5.74, 6) is 2.67. The van der Waals surface area contributed by atoms with Crippen LogP contribution in [0.1, 0.15) is 6.42 Å². The van der Waals surface area contributed by atoms with Gasteiger partial charge in [0.2, 0.25) is 0 Å². The normalized spacial score (nSPS) is 6.33. The minimum Gasteiger partial charge on any atom is -0.0918 e. The molecule has 6 heavy (non-hydrogen) atoms. The number of hydrogen-bond donors (Lipinski definition) is 0. The molecular formula is C4H4BrCl. The van der Waals surface area contributed by atoms with Crippen LogP contribution in [0.4, 0.5) is 0 Å². The van der Waals surface area contributed by atoms with Crippen LogP contribution in [-0.4, -0.2) is 5.33 Å². The predicted molar refractivity (Wildman–Crippen MR) is 32.0 cm³/mol. The van der Waals surface area contributed by atoms with Crippen molar-refractivity contribution in [1.29, 1.82) is 0 Å². The van der Waals surface area contributed by atoms with E-state index in [1.807, 2.05) is 0 Å². The summed E-state index contributed by atoms with van der Waals surface area (Å²) in [6, 6.07) is 0. The van der Waals surface area contributed by atoms with Gasteiger partial charge in [0, 0.05) is 17.1 Å². The van der Waals surface area contributed by atoms with E-state index in [2.05, 4.69) is 27.2 Å². The molecule has 0 aliphatic carbocycles. The van der Waals surface area contributed by atoms with E-state index >= 15 is 0 Å². The van der Waals surface area contributed by atoms with Crippen LogP contribution in [0.2, 0.25) is 0 Å². The van der Waals surface area contributed by atoms with E-state index in [1.165, 1.54) is 0 Å². The molecule has 0 aliphatic heterocycles. The number of hydrogen-bond acceptors (Lipinski definition) is 0. The van der Waals surface area contributed by atoms with Gasteiger partial charge in [0.1, 0.15) is 0 Å². The van der Waals surface area contributed by atoms with Crippen LogP contribution in [0.25, 0.3) is 0 Å². The van der Waals surface area contributed by atoms with Gasteiger partial charge in [-0.2, -0.15) is 0 Å². The first-order chi connectivity index (χ1) is 2.91. The Balaban J connectivity index is 2.79. The molecule has 0 bridgehead atoms. The van der Waals surface area contributed by atoms with Gasteiger partial charge in [-0.3, -0.25) is 0 Å². The van der Waals surface area contributed by atoms with E-state index in [9.17, 15) is 0 Å². The van der Waals surface area contributed by atoms with Crippen LogP contribution in [-0.2, 0) is 0 Å². The SMILES string of the molecule is ClC#CCCBr. The Kier molecular flexibility index (Phi) is 5.62. The molecule has 0 amide bonds. The van der Waals surface area contributed by atoms with Gasteiger partial charge in [-0.15, -0.1) is 0 Å².